The molecule has 11 nitrogen and oxygen atoms in total. The maximum atomic E-state index is 12.8. The number of benzene rings is 1. The molecule has 42 heavy (non-hydrogen) atoms. The van der Waals surface area contributed by atoms with E-state index in [9.17, 15) is 30.8 Å². The van der Waals surface area contributed by atoms with Crippen molar-refractivity contribution in [2.24, 2.45) is 5.11 Å². The third-order valence-corrected chi connectivity index (χ3v) is 7.41. The number of ether oxygens (including phenoxy) is 3. The summed E-state index contributed by atoms with van der Waals surface area (Å²) in [6.45, 7) is 1.29. The van der Waals surface area contributed by atoms with Crippen molar-refractivity contribution in [2.45, 2.75) is 127 Å². The van der Waals surface area contributed by atoms with Crippen molar-refractivity contribution in [3.63, 3.8) is 0 Å². The predicted molar refractivity (Wildman–Crippen MR) is 159 cm³/mol. The molecule has 1 heterocycles. The number of aliphatic hydroxyl groups is 4. The van der Waals surface area contributed by atoms with Crippen molar-refractivity contribution in [3.05, 3.63) is 58.5 Å². The predicted octanol–water partition coefficient (Wildman–Crippen LogP) is 4.96. The molecule has 0 bridgehead atoms. The number of hydrogen-bond acceptors (Lipinski definition) is 9. The van der Waals surface area contributed by atoms with Crippen LogP contribution < -0.4 is 0 Å². The van der Waals surface area contributed by atoms with E-state index in [4.69, 9.17) is 14.2 Å². The summed E-state index contributed by atoms with van der Waals surface area (Å²) in [6, 6.07) is 7.40. The number of allylic oxidation sites excluding steroid dienone is 1. The van der Waals surface area contributed by atoms with E-state index >= 15 is 0 Å². The molecule has 1 aromatic rings. The van der Waals surface area contributed by atoms with E-state index in [0.717, 1.165) is 19.3 Å². The molecule has 2 rings (SSSR count). The number of unbranched alkanes of at least 4 members (excludes halogenated alkanes) is 11. The lowest BCUT2D eigenvalue weighted by Gasteiger charge is -2.40. The average Bonchev–Trinajstić information content (AvgIpc) is 3.01. The van der Waals surface area contributed by atoms with Crippen LogP contribution in [0.25, 0.3) is 10.4 Å². The molecular formula is C31H49N3O8. The summed E-state index contributed by atoms with van der Waals surface area (Å²) >= 11 is 0. The van der Waals surface area contributed by atoms with Gasteiger partial charge in [0.05, 0.1) is 18.8 Å². The van der Waals surface area contributed by atoms with Crippen LogP contribution in [0.5, 0.6) is 0 Å². The molecule has 11 heteroatoms. The van der Waals surface area contributed by atoms with Gasteiger partial charge in [0.15, 0.2) is 6.29 Å². The summed E-state index contributed by atoms with van der Waals surface area (Å²) in [6.07, 6.45) is 9.63. The van der Waals surface area contributed by atoms with Gasteiger partial charge in [-0.3, -0.25) is 0 Å². The number of rotatable bonds is 21. The summed E-state index contributed by atoms with van der Waals surface area (Å²) in [7, 11) is 0. The normalized spacial score (nSPS) is 23.8. The van der Waals surface area contributed by atoms with Gasteiger partial charge in [-0.25, -0.2) is 4.79 Å². The zero-order valence-electron chi connectivity index (χ0n) is 24.7. The molecule has 0 saturated carbocycles. The van der Waals surface area contributed by atoms with Crippen LogP contribution in [0.15, 0.2) is 47.6 Å². The molecule has 4 N–H and O–H groups in total. The van der Waals surface area contributed by atoms with Gasteiger partial charge in [-0.05, 0) is 36.6 Å². The molecule has 1 fully saturated rings. The highest BCUT2D eigenvalue weighted by Gasteiger charge is 2.44. The summed E-state index contributed by atoms with van der Waals surface area (Å²) in [5.74, 6) is -0.606. The lowest BCUT2D eigenvalue weighted by Crippen LogP contribution is -2.59. The highest BCUT2D eigenvalue weighted by atomic mass is 16.7. The van der Waals surface area contributed by atoms with Crippen molar-refractivity contribution in [3.8, 4) is 0 Å². The molecule has 1 saturated heterocycles. The van der Waals surface area contributed by atoms with Gasteiger partial charge in [0, 0.05) is 4.91 Å². The van der Waals surface area contributed by atoms with E-state index in [2.05, 4.69) is 16.9 Å². The third-order valence-electron chi connectivity index (χ3n) is 7.41. The molecule has 1 aromatic carbocycles. The Bertz CT molecular complexity index is 941. The third kappa shape index (κ3) is 12.8. The fraction of sp³-hybridized carbons (Fsp3) is 0.710. The number of carbonyl (C=O) groups is 1. The van der Waals surface area contributed by atoms with Crippen LogP contribution in [-0.2, 0) is 14.2 Å². The minimum Gasteiger partial charge on any atom is -0.454 e. The van der Waals surface area contributed by atoms with Gasteiger partial charge in [-0.1, -0.05) is 101 Å². The first-order valence-electron chi connectivity index (χ1n) is 15.3. The quantitative estimate of drug-likeness (QED) is 0.0387. The molecule has 0 amide bonds. The molecule has 0 aliphatic carbocycles. The van der Waals surface area contributed by atoms with E-state index in [0.29, 0.717) is 5.56 Å². The Kier molecular flexibility index (Phi) is 18.0. The number of esters is 1. The van der Waals surface area contributed by atoms with Crippen molar-refractivity contribution in [2.75, 3.05) is 13.2 Å². The first-order chi connectivity index (χ1) is 20.4. The lowest BCUT2D eigenvalue weighted by molar-refractivity contribution is -0.302. The lowest BCUT2D eigenvalue weighted by atomic mass is 9.99. The van der Waals surface area contributed by atoms with E-state index in [1.54, 1.807) is 36.4 Å². The Morgan fingerprint density at radius 2 is 1.60 bits per heavy atom. The Balaban J connectivity index is 1.93. The largest absolute Gasteiger partial charge is 0.454 e. The number of hydrogen-bond donors (Lipinski definition) is 4. The van der Waals surface area contributed by atoms with E-state index in [1.165, 1.54) is 57.8 Å². The molecule has 0 radical (unpaired) electrons. The second-order valence-corrected chi connectivity index (χ2v) is 10.8. The molecule has 1 aliphatic heterocycles. The van der Waals surface area contributed by atoms with Crippen LogP contribution in [-0.4, -0.2) is 82.5 Å². The fourth-order valence-electron chi connectivity index (χ4n) is 4.83. The van der Waals surface area contributed by atoms with Crippen molar-refractivity contribution in [1.29, 1.82) is 0 Å². The monoisotopic (exact) mass is 591 g/mol. The fourth-order valence-corrected chi connectivity index (χ4v) is 4.83. The summed E-state index contributed by atoms with van der Waals surface area (Å²) in [5, 5.41) is 43.5. The van der Waals surface area contributed by atoms with Crippen LogP contribution in [0, 0.1) is 0 Å². The van der Waals surface area contributed by atoms with Crippen LogP contribution >= 0.6 is 0 Å². The number of aliphatic hydroxyl groups excluding tert-OH is 4. The van der Waals surface area contributed by atoms with Crippen LogP contribution in [0.1, 0.15) is 94.3 Å². The van der Waals surface area contributed by atoms with Gasteiger partial charge >= 0.3 is 5.97 Å². The molecule has 1 aliphatic rings. The Morgan fingerprint density at radius 1 is 0.976 bits per heavy atom. The van der Waals surface area contributed by atoms with E-state index < -0.39 is 55.4 Å². The Morgan fingerprint density at radius 3 is 2.19 bits per heavy atom. The maximum Gasteiger partial charge on any atom is 0.338 e. The van der Waals surface area contributed by atoms with Crippen LogP contribution in [0.3, 0.4) is 0 Å². The minimum absolute atomic E-state index is 0.329. The van der Waals surface area contributed by atoms with Gasteiger partial charge in [-0.15, -0.1) is 0 Å². The number of azide groups is 1. The van der Waals surface area contributed by atoms with Gasteiger partial charge in [0.2, 0.25) is 0 Å². The molecule has 236 valence electrons. The zero-order chi connectivity index (χ0) is 30.6. The van der Waals surface area contributed by atoms with Crippen molar-refractivity contribution in [1.82, 2.24) is 0 Å². The summed E-state index contributed by atoms with van der Waals surface area (Å²) in [4.78, 5) is 15.7. The molecule has 0 unspecified atom stereocenters. The maximum absolute atomic E-state index is 12.8. The van der Waals surface area contributed by atoms with Crippen LogP contribution in [0.4, 0.5) is 0 Å². The van der Waals surface area contributed by atoms with Gasteiger partial charge in [0.1, 0.15) is 36.6 Å². The second-order valence-electron chi connectivity index (χ2n) is 10.8. The van der Waals surface area contributed by atoms with Crippen molar-refractivity contribution < 1.29 is 39.4 Å². The number of carbonyl (C=O) groups excluding carboxylic acids is 1. The smallest absolute Gasteiger partial charge is 0.338 e. The topological polar surface area (TPSA) is 174 Å². The first-order valence-corrected chi connectivity index (χ1v) is 15.3. The SMILES string of the molecule is CCCCCCCCCCCCC/C=C/[C@@H](OC(=O)c1ccccc1)[C@H](CO[C@@H]1O[C@H](CO)[C@@H](O)[C@H](O)[C@H]1O)N=[N+]=[N-]. The molecule has 0 aromatic heterocycles. The van der Waals surface area contributed by atoms with Gasteiger partial charge in [-0.2, -0.15) is 0 Å². The molecule has 7 atom stereocenters. The second kappa shape index (κ2) is 21.2. The zero-order valence-corrected chi connectivity index (χ0v) is 24.7. The number of nitrogens with zero attached hydrogens (tertiary/aromatic N) is 3. The highest BCUT2D eigenvalue weighted by molar-refractivity contribution is 5.89. The Hall–Kier alpha value is -2.50. The first kappa shape index (κ1) is 35.7. The highest BCUT2D eigenvalue weighted by Crippen LogP contribution is 2.23. The average molecular weight is 592 g/mol. The van der Waals surface area contributed by atoms with Gasteiger partial charge in [0.25, 0.3) is 0 Å². The van der Waals surface area contributed by atoms with Crippen molar-refractivity contribution >= 4 is 5.97 Å². The van der Waals surface area contributed by atoms with E-state index in [-0.39, 0.29) is 6.61 Å². The minimum atomic E-state index is -1.61. The summed E-state index contributed by atoms with van der Waals surface area (Å²) in [5.41, 5.74) is 9.55. The van der Waals surface area contributed by atoms with Gasteiger partial charge < -0.3 is 34.6 Å². The van der Waals surface area contributed by atoms with E-state index in [1.807, 2.05) is 6.08 Å². The summed E-state index contributed by atoms with van der Waals surface area (Å²) < 4.78 is 16.7. The Labute approximate surface area is 249 Å². The van der Waals surface area contributed by atoms with Crippen LogP contribution in [0.2, 0.25) is 0 Å². The molecule has 0 spiro atoms. The standard InChI is InChI=1S/C31H49N3O8/c1-2-3-4-5-6-7-8-9-10-11-12-13-17-20-25(41-30(39)23-18-15-14-16-19-23)24(33-34-32)22-40-31-29(38)28(37)27(36)26(21-35)42-31/h14-20,24-29,31,35-38H,2-13,21-22H2,1H3/b20-17+/t24-,25+,26+,27+,28-,29+,31+/m0/s1. The molecular weight excluding hydrogens is 542 g/mol.